The smallest absolute Gasteiger partial charge is 0.327 e. The van der Waals surface area contributed by atoms with E-state index < -0.39 is 33.8 Å². The van der Waals surface area contributed by atoms with Crippen molar-refractivity contribution in [2.24, 2.45) is 4.99 Å². The number of benzene rings is 2. The second-order valence-electron chi connectivity index (χ2n) is 6.12. The molecule has 0 fully saturated rings. The monoisotopic (exact) mass is 399 g/mol. The van der Waals surface area contributed by atoms with E-state index in [1.165, 1.54) is 25.1 Å². The number of fused-ring (bicyclic) bond motifs is 2. The molecule has 2 aromatic rings. The average Bonchev–Trinajstić information content (AvgIpc) is 3.08. The zero-order valence-corrected chi connectivity index (χ0v) is 15.3. The highest BCUT2D eigenvalue weighted by molar-refractivity contribution is 7.90. The molecule has 142 valence electrons. The van der Waals surface area contributed by atoms with E-state index in [2.05, 4.69) is 9.71 Å². The zero-order chi connectivity index (χ0) is 20.1. The Hall–Kier alpha value is -3.53. The third-order valence-corrected chi connectivity index (χ3v) is 5.66. The molecule has 0 saturated heterocycles. The van der Waals surface area contributed by atoms with Gasteiger partial charge in [-0.2, -0.15) is 0 Å². The Balaban J connectivity index is 1.55. The van der Waals surface area contributed by atoms with E-state index in [9.17, 15) is 22.8 Å². The largest absolute Gasteiger partial charge is 0.357 e. The van der Waals surface area contributed by atoms with Gasteiger partial charge in [0.15, 0.2) is 0 Å². The first-order valence-corrected chi connectivity index (χ1v) is 9.67. The van der Waals surface area contributed by atoms with Crippen LogP contribution >= 0.6 is 0 Å². The van der Waals surface area contributed by atoms with E-state index in [-0.39, 0.29) is 21.9 Å². The van der Waals surface area contributed by atoms with Gasteiger partial charge in [-0.05, 0) is 31.2 Å². The molecule has 1 unspecified atom stereocenters. The number of nitrogens with one attached hydrogen (secondary N) is 1. The standard InChI is InChI=1S/C18H13N3O6S/c1-10(19-15-13-8-4-5-9-14(13)28(25,26)20-15)18(24)27-21-16(22)11-6-2-3-7-12(11)17(21)23/h2-10H,1H3,(H,19,20). The van der Waals surface area contributed by atoms with E-state index in [0.29, 0.717) is 10.6 Å². The highest BCUT2D eigenvalue weighted by atomic mass is 32.2. The van der Waals surface area contributed by atoms with Gasteiger partial charge in [0.2, 0.25) is 0 Å². The highest BCUT2D eigenvalue weighted by Crippen LogP contribution is 2.24. The van der Waals surface area contributed by atoms with Crippen molar-refractivity contribution < 1.29 is 27.6 Å². The molecule has 0 bridgehead atoms. The van der Waals surface area contributed by atoms with Gasteiger partial charge in [0.05, 0.1) is 16.0 Å². The molecule has 0 aliphatic carbocycles. The van der Waals surface area contributed by atoms with Crippen molar-refractivity contribution in [2.45, 2.75) is 17.9 Å². The van der Waals surface area contributed by atoms with Crippen LogP contribution in [0.1, 0.15) is 33.2 Å². The zero-order valence-electron chi connectivity index (χ0n) is 14.4. The van der Waals surface area contributed by atoms with Gasteiger partial charge in [-0.15, -0.1) is 0 Å². The summed E-state index contributed by atoms with van der Waals surface area (Å²) in [5.74, 6) is -2.49. The van der Waals surface area contributed by atoms with Gasteiger partial charge in [0.1, 0.15) is 11.9 Å². The minimum Gasteiger partial charge on any atom is -0.327 e. The Morgan fingerprint density at radius 2 is 1.54 bits per heavy atom. The molecule has 0 radical (unpaired) electrons. The summed E-state index contributed by atoms with van der Waals surface area (Å²) < 4.78 is 26.5. The summed E-state index contributed by atoms with van der Waals surface area (Å²) in [6, 6.07) is 11.1. The van der Waals surface area contributed by atoms with E-state index in [1.54, 1.807) is 30.3 Å². The van der Waals surface area contributed by atoms with Crippen LogP contribution in [0.3, 0.4) is 0 Å². The van der Waals surface area contributed by atoms with Crippen LogP contribution in [0.25, 0.3) is 0 Å². The second-order valence-corrected chi connectivity index (χ2v) is 7.77. The Morgan fingerprint density at radius 3 is 2.14 bits per heavy atom. The maximum atomic E-state index is 12.3. The first-order chi connectivity index (χ1) is 13.3. The van der Waals surface area contributed by atoms with Gasteiger partial charge >= 0.3 is 5.97 Å². The van der Waals surface area contributed by atoms with Crippen LogP contribution in [0, 0.1) is 0 Å². The molecule has 0 saturated carbocycles. The summed E-state index contributed by atoms with van der Waals surface area (Å²) in [4.78, 5) is 45.9. The van der Waals surface area contributed by atoms with Crippen molar-refractivity contribution in [3.05, 3.63) is 65.2 Å². The lowest BCUT2D eigenvalue weighted by atomic mass is 10.1. The van der Waals surface area contributed by atoms with Gasteiger partial charge in [-0.25, -0.2) is 13.2 Å². The van der Waals surface area contributed by atoms with Gasteiger partial charge in [0, 0.05) is 5.56 Å². The van der Waals surface area contributed by atoms with E-state index >= 15 is 0 Å². The quantitative estimate of drug-likeness (QED) is 0.764. The number of amides is 2. The molecule has 28 heavy (non-hydrogen) atoms. The van der Waals surface area contributed by atoms with Crippen LogP contribution in [0.2, 0.25) is 0 Å². The molecular formula is C18H13N3O6S. The lowest BCUT2D eigenvalue weighted by molar-refractivity contribution is -0.169. The van der Waals surface area contributed by atoms with Crippen molar-refractivity contribution in [3.63, 3.8) is 0 Å². The predicted molar refractivity (Wildman–Crippen MR) is 95.8 cm³/mol. The van der Waals surface area contributed by atoms with Crippen LogP contribution in [-0.2, 0) is 19.7 Å². The van der Waals surface area contributed by atoms with E-state index in [1.807, 2.05) is 0 Å². The van der Waals surface area contributed by atoms with Crippen LogP contribution in [0.5, 0.6) is 0 Å². The number of carbonyl (C=O) groups is 3. The fraction of sp³-hybridized carbons (Fsp3) is 0.111. The summed E-state index contributed by atoms with van der Waals surface area (Å²) in [5, 5.41) is 0.385. The Bertz CT molecular complexity index is 1140. The molecule has 2 aromatic carbocycles. The number of aliphatic imine (C=N–C) groups is 1. The summed E-state index contributed by atoms with van der Waals surface area (Å²) in [5.41, 5.74) is 0.594. The first kappa shape index (κ1) is 17.9. The second kappa shape index (κ2) is 6.27. The molecule has 2 heterocycles. The van der Waals surface area contributed by atoms with E-state index in [4.69, 9.17) is 4.84 Å². The Kier molecular flexibility index (Phi) is 4.00. The summed E-state index contributed by atoms with van der Waals surface area (Å²) in [6.07, 6.45) is 0. The van der Waals surface area contributed by atoms with Gasteiger partial charge < -0.3 is 4.84 Å². The molecule has 10 heteroatoms. The van der Waals surface area contributed by atoms with Gasteiger partial charge in [-0.1, -0.05) is 29.3 Å². The van der Waals surface area contributed by atoms with Crippen LogP contribution in [-0.4, -0.2) is 43.1 Å². The summed E-state index contributed by atoms with van der Waals surface area (Å²) in [6.45, 7) is 1.36. The third kappa shape index (κ3) is 2.74. The lowest BCUT2D eigenvalue weighted by Crippen LogP contribution is -2.36. The number of carbonyl (C=O) groups excluding carboxylic acids is 3. The van der Waals surface area contributed by atoms with Crippen LogP contribution in [0.4, 0.5) is 0 Å². The number of rotatable bonds is 3. The van der Waals surface area contributed by atoms with E-state index in [0.717, 1.165) is 0 Å². The molecule has 1 atom stereocenters. The van der Waals surface area contributed by atoms with Gasteiger partial charge in [0.25, 0.3) is 21.8 Å². The normalized spacial score (nSPS) is 19.2. The molecule has 0 spiro atoms. The number of hydrogen-bond acceptors (Lipinski definition) is 7. The number of nitrogens with zero attached hydrogens (tertiary/aromatic N) is 2. The van der Waals surface area contributed by atoms with Crippen molar-refractivity contribution in [1.82, 2.24) is 9.79 Å². The molecule has 1 N–H and O–H groups in total. The maximum Gasteiger partial charge on any atom is 0.357 e. The first-order valence-electron chi connectivity index (χ1n) is 8.19. The summed E-state index contributed by atoms with van der Waals surface area (Å²) in [7, 11) is -3.75. The molecule has 0 aromatic heterocycles. The number of hydroxylamine groups is 2. The van der Waals surface area contributed by atoms with Crippen LogP contribution in [0.15, 0.2) is 58.4 Å². The minimum atomic E-state index is -3.75. The molecule has 2 aliphatic heterocycles. The van der Waals surface area contributed by atoms with Crippen molar-refractivity contribution in [2.75, 3.05) is 0 Å². The topological polar surface area (TPSA) is 122 Å². The minimum absolute atomic E-state index is 0.0117. The van der Waals surface area contributed by atoms with Crippen molar-refractivity contribution in [1.29, 1.82) is 0 Å². The fourth-order valence-corrected chi connectivity index (χ4v) is 4.13. The maximum absolute atomic E-state index is 12.3. The average molecular weight is 399 g/mol. The Morgan fingerprint density at radius 1 is 1.00 bits per heavy atom. The van der Waals surface area contributed by atoms with Gasteiger partial charge in [-0.3, -0.25) is 19.3 Å². The predicted octanol–water partition coefficient (Wildman–Crippen LogP) is 0.868. The lowest BCUT2D eigenvalue weighted by Gasteiger charge is -2.14. The number of hydrogen-bond donors (Lipinski definition) is 1. The molecule has 9 nitrogen and oxygen atoms in total. The molecule has 2 amide bonds. The highest BCUT2D eigenvalue weighted by Gasteiger charge is 2.39. The number of imide groups is 1. The SMILES string of the molecule is CC(N=C1NS(=O)(=O)c2ccccc21)C(=O)ON1C(=O)c2ccccc2C1=O. The third-order valence-electron chi connectivity index (χ3n) is 4.26. The fourth-order valence-electron chi connectivity index (χ4n) is 2.89. The molecule has 2 aliphatic rings. The van der Waals surface area contributed by atoms with Crippen LogP contribution < -0.4 is 4.72 Å². The van der Waals surface area contributed by atoms with Crippen molar-refractivity contribution >= 4 is 33.6 Å². The number of amidine groups is 1. The molecular weight excluding hydrogens is 386 g/mol. The summed E-state index contributed by atoms with van der Waals surface area (Å²) >= 11 is 0. The molecule has 4 rings (SSSR count). The Labute approximate surface area is 159 Å². The van der Waals surface area contributed by atoms with Crippen molar-refractivity contribution in [3.8, 4) is 0 Å². The number of sulfonamides is 1.